The molecule has 0 atom stereocenters. The number of hydrogen-bond acceptors (Lipinski definition) is 4. The van der Waals surface area contributed by atoms with Gasteiger partial charge >= 0.3 is 5.97 Å². The topological polar surface area (TPSA) is 81.0 Å². The monoisotopic (exact) mass is 293 g/mol. The first-order valence-corrected chi connectivity index (χ1v) is 6.68. The summed E-state index contributed by atoms with van der Waals surface area (Å²) < 4.78 is 5.01. The zero-order chi connectivity index (χ0) is 14.7. The van der Waals surface area contributed by atoms with Crippen LogP contribution in [-0.4, -0.2) is 22.8 Å². The van der Waals surface area contributed by atoms with Gasteiger partial charge in [0.05, 0.1) is 12.3 Å². The highest BCUT2D eigenvalue weighted by Crippen LogP contribution is 2.35. The van der Waals surface area contributed by atoms with E-state index >= 15 is 0 Å². The third-order valence-corrected chi connectivity index (χ3v) is 3.20. The Balaban J connectivity index is 2.49. The van der Waals surface area contributed by atoms with Crippen LogP contribution in [0.5, 0.6) is 0 Å². The van der Waals surface area contributed by atoms with Crippen molar-refractivity contribution in [3.63, 3.8) is 0 Å². The van der Waals surface area contributed by atoms with Gasteiger partial charge in [-0.05, 0) is 37.6 Å². The Bertz CT molecular complexity index is 614. The van der Waals surface area contributed by atoms with Gasteiger partial charge in [-0.1, -0.05) is 18.2 Å². The molecule has 0 saturated heterocycles. The maximum Gasteiger partial charge on any atom is 0.356 e. The Kier molecular flexibility index (Phi) is 4.29. The molecular formula is C14H16ClN3O2. The first kappa shape index (κ1) is 14.4. The van der Waals surface area contributed by atoms with E-state index in [0.717, 1.165) is 16.7 Å². The lowest BCUT2D eigenvalue weighted by molar-refractivity contribution is 0.0518. The van der Waals surface area contributed by atoms with Crippen molar-refractivity contribution in [2.45, 2.75) is 19.8 Å². The van der Waals surface area contributed by atoms with E-state index in [2.05, 4.69) is 16.8 Å². The first-order chi connectivity index (χ1) is 9.58. The van der Waals surface area contributed by atoms with Crippen molar-refractivity contribution in [1.82, 2.24) is 10.2 Å². The summed E-state index contributed by atoms with van der Waals surface area (Å²) in [4.78, 5) is 11.9. The van der Waals surface area contributed by atoms with Crippen LogP contribution in [0.2, 0.25) is 0 Å². The molecule has 2 rings (SSSR count). The van der Waals surface area contributed by atoms with Gasteiger partial charge in [-0.15, -0.1) is 0 Å². The van der Waals surface area contributed by atoms with Crippen LogP contribution in [0.1, 0.15) is 35.1 Å². The SMILES string of the molecule is C=C(Cl)C=C1/C(=C\N)CCc2c1n[nH]c2C(=O)OCC. The van der Waals surface area contributed by atoms with Gasteiger partial charge < -0.3 is 10.5 Å². The van der Waals surface area contributed by atoms with Crippen LogP contribution in [0, 0.1) is 0 Å². The third-order valence-electron chi connectivity index (χ3n) is 3.09. The lowest BCUT2D eigenvalue weighted by atomic mass is 9.87. The average Bonchev–Trinajstić information content (AvgIpc) is 2.83. The Morgan fingerprint density at radius 1 is 1.60 bits per heavy atom. The number of carbonyl (C=O) groups is 1. The van der Waals surface area contributed by atoms with Gasteiger partial charge in [-0.25, -0.2) is 4.79 Å². The third kappa shape index (κ3) is 2.63. The molecule has 106 valence electrons. The number of ether oxygens (including phenoxy) is 1. The fraction of sp³-hybridized carbons (Fsp3) is 0.286. The number of nitrogens with zero attached hydrogens (tertiary/aromatic N) is 1. The van der Waals surface area contributed by atoms with Crippen molar-refractivity contribution in [2.75, 3.05) is 6.61 Å². The predicted octanol–water partition coefficient (Wildman–Crippen LogP) is 2.51. The molecule has 0 bridgehead atoms. The van der Waals surface area contributed by atoms with Crippen LogP contribution in [0.4, 0.5) is 0 Å². The van der Waals surface area contributed by atoms with E-state index < -0.39 is 5.97 Å². The summed E-state index contributed by atoms with van der Waals surface area (Å²) in [5.41, 5.74) is 9.26. The quantitative estimate of drug-likeness (QED) is 0.839. The molecule has 6 heteroatoms. The largest absolute Gasteiger partial charge is 0.461 e. The number of aromatic nitrogens is 2. The number of carbonyl (C=O) groups excluding carboxylic acids is 1. The summed E-state index contributed by atoms with van der Waals surface area (Å²) in [6.07, 6.45) is 4.63. The normalized spacial score (nSPS) is 18.1. The van der Waals surface area contributed by atoms with E-state index in [1.165, 1.54) is 6.20 Å². The smallest absolute Gasteiger partial charge is 0.356 e. The summed E-state index contributed by atoms with van der Waals surface area (Å²) in [5, 5.41) is 7.33. The molecule has 0 aliphatic heterocycles. The van der Waals surface area contributed by atoms with Crippen LogP contribution in [0.25, 0.3) is 5.57 Å². The van der Waals surface area contributed by atoms with Crippen molar-refractivity contribution in [2.24, 2.45) is 5.73 Å². The lowest BCUT2D eigenvalue weighted by Gasteiger charge is -2.17. The Labute approximate surface area is 122 Å². The molecule has 5 nitrogen and oxygen atoms in total. The van der Waals surface area contributed by atoms with E-state index in [1.54, 1.807) is 13.0 Å². The van der Waals surface area contributed by atoms with Gasteiger partial charge in [0.25, 0.3) is 0 Å². The highest BCUT2D eigenvalue weighted by Gasteiger charge is 2.27. The highest BCUT2D eigenvalue weighted by molar-refractivity contribution is 6.31. The number of H-pyrrole nitrogens is 1. The first-order valence-electron chi connectivity index (χ1n) is 6.30. The number of nitrogens with one attached hydrogen (secondary N) is 1. The van der Waals surface area contributed by atoms with E-state index in [0.29, 0.717) is 35.9 Å². The molecular weight excluding hydrogens is 278 g/mol. The second-order valence-corrected chi connectivity index (χ2v) is 4.83. The number of allylic oxidation sites excluding steroid dienone is 4. The van der Waals surface area contributed by atoms with Crippen molar-refractivity contribution >= 4 is 23.1 Å². The summed E-state index contributed by atoms with van der Waals surface area (Å²) in [6.45, 7) is 5.74. The van der Waals surface area contributed by atoms with Crippen LogP contribution in [-0.2, 0) is 11.2 Å². The van der Waals surface area contributed by atoms with Crippen molar-refractivity contribution < 1.29 is 9.53 Å². The van der Waals surface area contributed by atoms with Gasteiger partial charge in [0.15, 0.2) is 0 Å². The Morgan fingerprint density at radius 3 is 2.95 bits per heavy atom. The minimum absolute atomic E-state index is 0.321. The summed E-state index contributed by atoms with van der Waals surface area (Å²) >= 11 is 5.85. The second-order valence-electron chi connectivity index (χ2n) is 4.34. The summed E-state index contributed by atoms with van der Waals surface area (Å²) in [7, 11) is 0. The van der Waals surface area contributed by atoms with Crippen molar-refractivity contribution in [3.8, 4) is 0 Å². The molecule has 0 amide bonds. The minimum Gasteiger partial charge on any atom is -0.461 e. The maximum atomic E-state index is 11.9. The van der Waals surface area contributed by atoms with Crippen LogP contribution in [0.3, 0.4) is 0 Å². The Hall–Kier alpha value is -2.01. The van der Waals surface area contributed by atoms with Gasteiger partial charge in [-0.2, -0.15) is 5.10 Å². The van der Waals surface area contributed by atoms with Crippen LogP contribution >= 0.6 is 11.6 Å². The minimum atomic E-state index is -0.398. The molecule has 1 aromatic heterocycles. The fourth-order valence-electron chi connectivity index (χ4n) is 2.24. The van der Waals surface area contributed by atoms with Crippen LogP contribution < -0.4 is 5.73 Å². The van der Waals surface area contributed by atoms with Crippen molar-refractivity contribution in [3.05, 3.63) is 46.4 Å². The standard InChI is InChI=1S/C14H16ClN3O2/c1-3-20-14(19)13-10-5-4-9(7-16)11(6-8(2)15)12(10)17-18-13/h6-7H,2-5,16H2,1H3,(H,17,18)/b9-7-,11-6?. The number of fused-ring (bicyclic) bond motifs is 1. The molecule has 0 radical (unpaired) electrons. The molecule has 0 saturated carbocycles. The molecule has 1 heterocycles. The average molecular weight is 294 g/mol. The van der Waals surface area contributed by atoms with E-state index in [-0.39, 0.29) is 0 Å². The number of esters is 1. The van der Waals surface area contributed by atoms with E-state index in [9.17, 15) is 4.79 Å². The summed E-state index contributed by atoms with van der Waals surface area (Å²) in [5.74, 6) is -0.398. The molecule has 1 aliphatic rings. The lowest BCUT2D eigenvalue weighted by Crippen LogP contribution is -2.11. The number of aromatic amines is 1. The number of halogens is 1. The Morgan fingerprint density at radius 2 is 2.35 bits per heavy atom. The zero-order valence-corrected chi connectivity index (χ0v) is 12.0. The van der Waals surface area contributed by atoms with Gasteiger partial charge in [-0.3, -0.25) is 5.10 Å². The van der Waals surface area contributed by atoms with E-state index in [1.807, 2.05) is 0 Å². The number of rotatable bonds is 3. The maximum absolute atomic E-state index is 11.9. The van der Waals surface area contributed by atoms with Gasteiger partial charge in [0.2, 0.25) is 0 Å². The summed E-state index contributed by atoms with van der Waals surface area (Å²) in [6, 6.07) is 0. The number of nitrogens with two attached hydrogens (primary N) is 1. The number of hydrogen-bond donors (Lipinski definition) is 2. The van der Waals surface area contributed by atoms with Gasteiger partial charge in [0.1, 0.15) is 5.69 Å². The second kappa shape index (κ2) is 5.96. The molecule has 0 unspecified atom stereocenters. The molecule has 1 aliphatic carbocycles. The van der Waals surface area contributed by atoms with E-state index in [4.69, 9.17) is 22.1 Å². The zero-order valence-electron chi connectivity index (χ0n) is 11.2. The molecule has 0 spiro atoms. The molecule has 1 aromatic rings. The van der Waals surface area contributed by atoms with Crippen LogP contribution in [0.15, 0.2) is 29.5 Å². The molecule has 3 N–H and O–H groups in total. The van der Waals surface area contributed by atoms with Gasteiger partial charge in [0, 0.05) is 16.2 Å². The predicted molar refractivity (Wildman–Crippen MR) is 78.1 cm³/mol. The fourth-order valence-corrected chi connectivity index (χ4v) is 2.35. The molecule has 0 aromatic carbocycles. The van der Waals surface area contributed by atoms with Crippen molar-refractivity contribution in [1.29, 1.82) is 0 Å². The molecule has 20 heavy (non-hydrogen) atoms. The molecule has 0 fully saturated rings. The highest BCUT2D eigenvalue weighted by atomic mass is 35.5.